The fourth-order valence-corrected chi connectivity index (χ4v) is 16.6. The zero-order valence-electron chi connectivity index (χ0n) is 64.5. The van der Waals surface area contributed by atoms with Crippen molar-refractivity contribution in [1.29, 1.82) is 0 Å². The van der Waals surface area contributed by atoms with Crippen LogP contribution in [0.5, 0.6) is 11.5 Å². The Morgan fingerprint density at radius 3 is 1.02 bits per heavy atom. The van der Waals surface area contributed by atoms with Gasteiger partial charge < -0.3 is 9.84 Å². The van der Waals surface area contributed by atoms with E-state index in [1.54, 1.807) is 62.9 Å². The number of fused-ring (bicyclic) bond motifs is 5. The smallest absolute Gasteiger partial charge is 0.250 e. The first kappa shape index (κ1) is 111. The number of nitrogens with zero attached hydrogens (tertiary/aromatic N) is 10. The lowest BCUT2D eigenvalue weighted by Crippen LogP contribution is -2.20. The predicted octanol–water partition coefficient (Wildman–Crippen LogP) is 23.8. The van der Waals surface area contributed by atoms with E-state index in [1.807, 2.05) is 165 Å². The Kier molecular flexibility index (Phi) is 50.0. The summed E-state index contributed by atoms with van der Waals surface area (Å²) in [5, 5.41) is 34.1. The van der Waals surface area contributed by atoms with Crippen LogP contribution in [-0.4, -0.2) is 127 Å². The van der Waals surface area contributed by atoms with Crippen LogP contribution in [0.15, 0.2) is 282 Å². The lowest BCUT2D eigenvalue weighted by atomic mass is 10.1. The standard InChI is InChI=1S/2C18H16BrN3O2S.C18H17N3OS.C17H13BrFN3OS.C17H14FN3OS.8CH4/c1-11-6-14(19)7-13(18(11)24)9-20-22-16(23)10-25-17-8-12-4-2-3-5-15(12)21-17;1-24-16-7-6-12(8-14(16)19)10-20-22-17(23)11-25-18-9-13-4-2-3-5-15(13)21-18;1-13-6-8-14(9-7-13)11-19-21-17(22)12-23-18-10-15-4-2-3-5-16(15)20-18;18-13-5-6-14(19)12(7-13)9-20-22-16(23)10-24-17-8-11-3-1-2-4-15(11)21-17;18-14-7-3-1-6-13(14)10-19-21-16(22)11-23-17-9-12-5-2-4-8-15(12)20-17;;;;;;;;/h2-7,9,24H,8,10H2,1H3,(H,22,23);2-8,10H,9,11H2,1H3,(H,22,23);2-9,11H,10,12H2,1H3,(H,21,22);1-7,9H,8,10H2,(H,22,23);1-8,10H,9,11H2,(H,21,22);8*1H4/b20-9+;20-10+;19-11+;20-9+;19-10+;;;;;;;;. The summed E-state index contributed by atoms with van der Waals surface area (Å²) in [6.07, 6.45) is 11.1. The molecule has 0 aliphatic carbocycles. The van der Waals surface area contributed by atoms with E-state index >= 15 is 0 Å². The van der Waals surface area contributed by atoms with E-state index in [1.165, 1.54) is 123 Å². The number of rotatable bonds is 21. The highest BCUT2D eigenvalue weighted by molar-refractivity contribution is 9.11. The zero-order valence-corrected chi connectivity index (χ0v) is 73.4. The molecule has 0 atom stereocenters. The van der Waals surface area contributed by atoms with E-state index in [9.17, 15) is 37.9 Å². The number of halogens is 5. The number of phenols is 1. The summed E-state index contributed by atoms with van der Waals surface area (Å²) >= 11 is 17.1. The van der Waals surface area contributed by atoms with Crippen LogP contribution in [0.2, 0.25) is 0 Å². The van der Waals surface area contributed by atoms with Crippen LogP contribution in [0.25, 0.3) is 0 Å². The van der Waals surface area contributed by atoms with Crippen molar-refractivity contribution < 1.29 is 42.6 Å². The van der Waals surface area contributed by atoms with Crippen molar-refractivity contribution in [3.8, 4) is 11.5 Å². The summed E-state index contributed by atoms with van der Waals surface area (Å²) in [7, 11) is 1.61. The second kappa shape index (κ2) is 57.7. The van der Waals surface area contributed by atoms with Crippen molar-refractivity contribution in [3.05, 3.63) is 310 Å². The molecule has 22 nitrogen and oxygen atoms in total. The van der Waals surface area contributed by atoms with Gasteiger partial charge in [0.1, 0.15) is 23.1 Å². The number of para-hydroxylation sites is 5. The number of methoxy groups -OCH3 is 1. The van der Waals surface area contributed by atoms with E-state index in [2.05, 4.69) is 138 Å². The van der Waals surface area contributed by atoms with Crippen molar-refractivity contribution in [3.63, 3.8) is 0 Å². The summed E-state index contributed by atoms with van der Waals surface area (Å²) < 4.78 is 34.5. The van der Waals surface area contributed by atoms with Crippen LogP contribution in [0.1, 0.15) is 126 Å². The lowest BCUT2D eigenvalue weighted by Gasteiger charge is -2.04. The Hall–Kier alpha value is -11.1. The van der Waals surface area contributed by atoms with Crippen molar-refractivity contribution in [1.82, 2.24) is 27.1 Å². The maximum atomic E-state index is 13.5. The molecule has 32 heteroatoms. The van der Waals surface area contributed by atoms with Gasteiger partial charge in [-0.05, 0) is 159 Å². The van der Waals surface area contributed by atoms with Crippen LogP contribution < -0.4 is 31.9 Å². The zero-order chi connectivity index (χ0) is 84.5. The van der Waals surface area contributed by atoms with Crippen molar-refractivity contribution in [2.24, 2.45) is 50.5 Å². The van der Waals surface area contributed by atoms with Crippen LogP contribution in [0, 0.1) is 25.5 Å². The second-order valence-electron chi connectivity index (χ2n) is 26.1. The van der Waals surface area contributed by atoms with Gasteiger partial charge in [0.15, 0.2) is 0 Å². The molecule has 674 valence electrons. The molecule has 6 N–H and O–H groups in total. The molecule has 0 saturated heterocycles. The molecule has 10 aromatic carbocycles. The number of benzene rings is 10. The minimum Gasteiger partial charge on any atom is -0.507 e. The number of aromatic hydroxyl groups is 1. The van der Waals surface area contributed by atoms with Crippen molar-refractivity contribution in [2.75, 3.05) is 35.9 Å². The third-order valence-electron chi connectivity index (χ3n) is 17.1. The Morgan fingerprint density at radius 1 is 0.367 bits per heavy atom. The number of phenolic OH excluding ortho intramolecular Hbond substituents is 1. The Bertz CT molecular complexity index is 5740. The van der Waals surface area contributed by atoms with Gasteiger partial charge in [0.25, 0.3) is 0 Å². The first-order valence-electron chi connectivity index (χ1n) is 36.8. The van der Waals surface area contributed by atoms with Crippen LogP contribution in [-0.2, 0) is 56.1 Å². The fourth-order valence-electron chi connectivity index (χ4n) is 11.2. The quantitative estimate of drug-likeness (QED) is 0.0289. The number of aliphatic imine (C=N–C) groups is 5. The Morgan fingerprint density at radius 2 is 0.672 bits per heavy atom. The Labute approximate surface area is 797 Å². The minimum absolute atomic E-state index is 0. The summed E-state index contributed by atoms with van der Waals surface area (Å²) in [5.41, 5.74) is 28.1. The number of aryl methyl sites for hydroxylation is 2. The molecule has 0 saturated carbocycles. The number of amides is 5. The van der Waals surface area contributed by atoms with E-state index in [-0.39, 0.29) is 124 Å². The number of thioether (sulfide) groups is 5. The molecular formula is C96H108Br3F2N15O7S5. The van der Waals surface area contributed by atoms with E-state index in [0.717, 1.165) is 122 Å². The maximum Gasteiger partial charge on any atom is 0.250 e. The number of nitrogens with one attached hydrogen (secondary N) is 5. The highest BCUT2D eigenvalue weighted by atomic mass is 79.9. The lowest BCUT2D eigenvalue weighted by molar-refractivity contribution is -0.119. The Balaban J connectivity index is 0.000000406. The molecule has 0 radical (unpaired) electrons. The number of carbonyl (C=O) groups excluding carboxylic acids is 5. The number of hydrazone groups is 5. The molecule has 5 heterocycles. The third kappa shape index (κ3) is 35.9. The molecule has 5 aliphatic heterocycles. The van der Waals surface area contributed by atoms with E-state index in [0.29, 0.717) is 22.4 Å². The molecule has 0 aromatic heterocycles. The predicted molar refractivity (Wildman–Crippen MR) is 554 cm³/mol. The minimum atomic E-state index is -0.399. The number of carbonyl (C=O) groups is 5. The van der Waals surface area contributed by atoms with E-state index in [4.69, 9.17) is 4.74 Å². The van der Waals surface area contributed by atoms with Gasteiger partial charge in [-0.1, -0.05) is 230 Å². The maximum absolute atomic E-state index is 13.5. The number of hydrogen-bond donors (Lipinski definition) is 6. The molecule has 0 bridgehead atoms. The second-order valence-corrected chi connectivity index (χ2v) is 34.0. The molecular weight excluding hydrogens is 1910 g/mol. The SMILES string of the molecule is C.C.C.C.C.C.C.C.COc1ccc(/C=N/NC(=O)CSC2=Nc3ccccc3C2)cc1Br.Cc1cc(Br)cc(/C=N/NC(=O)CSC2=Nc3ccccc3C2)c1O.Cc1ccc(/C=N/NC(=O)CSC2=Nc3ccccc3C2)cc1.O=C(CSC1=Nc2ccccc2C1)N/N=C/c1cc(Br)ccc1F.O=C(CSC1=Nc2ccccc2C1)N/N=C/c1ccccc1F. The van der Waals surface area contributed by atoms with Gasteiger partial charge in [0, 0.05) is 57.7 Å². The van der Waals surface area contributed by atoms with Gasteiger partial charge in [-0.15, -0.1) is 58.8 Å². The molecule has 5 amide bonds. The molecule has 5 aliphatic rings. The molecule has 0 unspecified atom stereocenters. The van der Waals surface area contributed by atoms with Crippen LogP contribution >= 0.6 is 107 Å². The van der Waals surface area contributed by atoms with Gasteiger partial charge in [-0.2, -0.15) is 25.5 Å². The van der Waals surface area contributed by atoms with Gasteiger partial charge in [-0.25, -0.2) is 60.9 Å². The van der Waals surface area contributed by atoms with Crippen molar-refractivity contribution in [2.45, 2.75) is 105 Å². The highest BCUT2D eigenvalue weighted by Gasteiger charge is 2.21. The molecule has 15 rings (SSSR count). The summed E-state index contributed by atoms with van der Waals surface area (Å²) in [6, 6.07) is 67.6. The highest BCUT2D eigenvalue weighted by Crippen LogP contribution is 2.35. The van der Waals surface area contributed by atoms with E-state index < -0.39 is 5.82 Å². The average Bonchev–Trinajstić information content (AvgIpc) is 1.81. The number of ether oxygens (including phenoxy) is 1. The normalized spacial score (nSPS) is 12.1. The average molecular weight is 2020 g/mol. The first-order valence-corrected chi connectivity index (χ1v) is 44.1. The van der Waals surface area contributed by atoms with Crippen LogP contribution in [0.3, 0.4) is 0 Å². The molecule has 10 aromatic rings. The number of hydrogen-bond acceptors (Lipinski definition) is 22. The summed E-state index contributed by atoms with van der Waals surface area (Å²) in [5.74, 6) is 0.391. The third-order valence-corrected chi connectivity index (χ3v) is 23.6. The molecule has 0 fully saturated rings. The monoisotopic (exact) mass is 2020 g/mol. The van der Waals surface area contributed by atoms with Crippen molar-refractivity contribution >= 4 is 221 Å². The molecule has 0 spiro atoms. The van der Waals surface area contributed by atoms with Gasteiger partial charge in [0.05, 0.1) is 125 Å². The first-order chi connectivity index (χ1) is 58.2. The molecule has 128 heavy (non-hydrogen) atoms. The van der Waals surface area contributed by atoms with Gasteiger partial charge in [-0.3, -0.25) is 24.0 Å². The summed E-state index contributed by atoms with van der Waals surface area (Å²) in [6.45, 7) is 3.83. The topological polar surface area (TPSA) is 299 Å². The van der Waals surface area contributed by atoms with Crippen LogP contribution in [0.4, 0.5) is 37.2 Å². The largest absolute Gasteiger partial charge is 0.507 e. The van der Waals surface area contributed by atoms with Gasteiger partial charge in [0.2, 0.25) is 29.5 Å². The summed E-state index contributed by atoms with van der Waals surface area (Å²) in [4.78, 5) is 81.7. The van der Waals surface area contributed by atoms with Gasteiger partial charge >= 0.3 is 0 Å². The fraction of sp³-hybridized carbons (Fsp3) is 0.219.